The van der Waals surface area contributed by atoms with Crippen LogP contribution >= 0.6 is 0 Å². The summed E-state index contributed by atoms with van der Waals surface area (Å²) in [5, 5.41) is 0. The Kier molecular flexibility index (Phi) is 3.27. The molecule has 1 fully saturated rings. The first-order valence-electron chi connectivity index (χ1n) is 5.55. The van der Waals surface area contributed by atoms with Crippen molar-refractivity contribution in [2.75, 3.05) is 23.7 Å². The number of alkyl halides is 2. The number of halogens is 2. The highest BCUT2D eigenvalue weighted by Gasteiger charge is 2.26. The minimum atomic E-state index is -2.21. The van der Waals surface area contributed by atoms with Gasteiger partial charge >= 0.3 is 0 Å². The van der Waals surface area contributed by atoms with Crippen LogP contribution in [-0.2, 0) is 0 Å². The van der Waals surface area contributed by atoms with E-state index in [1.807, 2.05) is 17.0 Å². The number of anilines is 2. The van der Waals surface area contributed by atoms with Crippen LogP contribution in [0.25, 0.3) is 0 Å². The quantitative estimate of drug-likeness (QED) is 0.786. The summed E-state index contributed by atoms with van der Waals surface area (Å²) in [6, 6.07) is 7.40. The van der Waals surface area contributed by atoms with Gasteiger partial charge in [0, 0.05) is 30.4 Å². The van der Waals surface area contributed by atoms with E-state index >= 15 is 0 Å². The Hall–Kier alpha value is -1.32. The average Bonchev–Trinajstić information content (AvgIpc) is 2.30. The second-order valence-corrected chi connectivity index (χ2v) is 4.27. The normalized spacial score (nSPS) is 21.4. The molecule has 1 aromatic rings. The Balaban J connectivity index is 2.06. The molecule has 0 aliphatic carbocycles. The van der Waals surface area contributed by atoms with Crippen molar-refractivity contribution in [1.82, 2.24) is 0 Å². The second-order valence-electron chi connectivity index (χ2n) is 4.27. The van der Waals surface area contributed by atoms with Crippen LogP contribution in [-0.4, -0.2) is 19.5 Å². The first-order valence-corrected chi connectivity index (χ1v) is 5.55. The lowest BCUT2D eigenvalue weighted by Crippen LogP contribution is -2.38. The third-order valence-corrected chi connectivity index (χ3v) is 3.07. The van der Waals surface area contributed by atoms with Crippen LogP contribution in [0.4, 0.5) is 20.2 Å². The van der Waals surface area contributed by atoms with Crippen LogP contribution in [0.5, 0.6) is 0 Å². The Bertz CT molecular complexity index is 337. The number of nitrogens with two attached hydrogens (primary N) is 1. The SMILES string of the molecule is Nc1ccc(N2CCCC(C(F)F)C2)cc1. The van der Waals surface area contributed by atoms with E-state index in [2.05, 4.69) is 0 Å². The predicted molar refractivity (Wildman–Crippen MR) is 61.8 cm³/mol. The first-order chi connectivity index (χ1) is 7.66. The van der Waals surface area contributed by atoms with Crippen molar-refractivity contribution in [3.8, 4) is 0 Å². The summed E-state index contributed by atoms with van der Waals surface area (Å²) in [6.07, 6.45) is -0.751. The van der Waals surface area contributed by atoms with E-state index in [4.69, 9.17) is 5.73 Å². The first kappa shape index (κ1) is 11.2. The Morgan fingerprint density at radius 1 is 1.25 bits per heavy atom. The summed E-state index contributed by atoms with van der Waals surface area (Å²) >= 11 is 0. The third-order valence-electron chi connectivity index (χ3n) is 3.07. The summed E-state index contributed by atoms with van der Waals surface area (Å²) in [4.78, 5) is 2.01. The number of rotatable bonds is 2. The summed E-state index contributed by atoms with van der Waals surface area (Å²) in [5.41, 5.74) is 7.28. The molecule has 1 saturated heterocycles. The molecule has 2 N–H and O–H groups in total. The van der Waals surface area contributed by atoms with Crippen molar-refractivity contribution in [3.63, 3.8) is 0 Å². The van der Waals surface area contributed by atoms with Crippen LogP contribution in [0.15, 0.2) is 24.3 Å². The van der Waals surface area contributed by atoms with E-state index in [0.29, 0.717) is 18.7 Å². The van der Waals surface area contributed by atoms with Gasteiger partial charge in [0.05, 0.1) is 0 Å². The molecule has 1 aromatic carbocycles. The summed E-state index contributed by atoms with van der Waals surface area (Å²) in [5.74, 6) is -0.494. The molecule has 0 spiro atoms. The maximum atomic E-state index is 12.6. The van der Waals surface area contributed by atoms with Crippen LogP contribution < -0.4 is 10.6 Å². The zero-order chi connectivity index (χ0) is 11.5. The van der Waals surface area contributed by atoms with Crippen molar-refractivity contribution in [3.05, 3.63) is 24.3 Å². The van der Waals surface area contributed by atoms with E-state index in [-0.39, 0.29) is 0 Å². The molecule has 0 radical (unpaired) electrons. The topological polar surface area (TPSA) is 29.3 Å². The molecular weight excluding hydrogens is 210 g/mol. The lowest BCUT2D eigenvalue weighted by Gasteiger charge is -2.34. The smallest absolute Gasteiger partial charge is 0.243 e. The van der Waals surface area contributed by atoms with Gasteiger partial charge in [0.15, 0.2) is 0 Å². The average molecular weight is 226 g/mol. The highest BCUT2D eigenvalue weighted by atomic mass is 19.3. The van der Waals surface area contributed by atoms with Crippen LogP contribution in [0.1, 0.15) is 12.8 Å². The molecule has 1 atom stereocenters. The van der Waals surface area contributed by atoms with Gasteiger partial charge < -0.3 is 10.6 Å². The van der Waals surface area contributed by atoms with Gasteiger partial charge in [-0.25, -0.2) is 8.78 Å². The Labute approximate surface area is 94.0 Å². The van der Waals surface area contributed by atoms with Gasteiger partial charge in [-0.05, 0) is 37.1 Å². The fourth-order valence-corrected chi connectivity index (χ4v) is 2.14. The fourth-order valence-electron chi connectivity index (χ4n) is 2.14. The summed E-state index contributed by atoms with van der Waals surface area (Å²) in [6.45, 7) is 1.30. The monoisotopic (exact) mass is 226 g/mol. The van der Waals surface area contributed by atoms with Gasteiger partial charge in [-0.15, -0.1) is 0 Å². The lowest BCUT2D eigenvalue weighted by molar-refractivity contribution is 0.0687. The minimum absolute atomic E-state index is 0.446. The fraction of sp³-hybridized carbons (Fsp3) is 0.500. The predicted octanol–water partition coefficient (Wildman–Crippen LogP) is 2.75. The maximum absolute atomic E-state index is 12.6. The molecule has 0 saturated carbocycles. The molecule has 2 nitrogen and oxygen atoms in total. The number of benzene rings is 1. The number of piperidine rings is 1. The van der Waals surface area contributed by atoms with Gasteiger partial charge in [0.2, 0.25) is 6.43 Å². The molecule has 88 valence electrons. The maximum Gasteiger partial charge on any atom is 0.243 e. The van der Waals surface area contributed by atoms with Crippen molar-refractivity contribution in [1.29, 1.82) is 0 Å². The van der Waals surface area contributed by atoms with Gasteiger partial charge in [-0.2, -0.15) is 0 Å². The number of nitrogen functional groups attached to an aromatic ring is 1. The number of hydrogen-bond donors (Lipinski definition) is 1. The van der Waals surface area contributed by atoms with E-state index in [9.17, 15) is 8.78 Å². The van der Waals surface area contributed by atoms with Gasteiger partial charge in [0.25, 0.3) is 0 Å². The molecule has 0 amide bonds. The standard InChI is InChI=1S/C12H16F2N2/c13-12(14)9-2-1-7-16(8-9)11-5-3-10(15)4-6-11/h3-6,9,12H,1-2,7-8,15H2. The van der Waals surface area contributed by atoms with Gasteiger partial charge in [-0.3, -0.25) is 0 Å². The largest absolute Gasteiger partial charge is 0.399 e. The highest BCUT2D eigenvalue weighted by Crippen LogP contribution is 2.27. The van der Waals surface area contributed by atoms with Crippen LogP contribution in [0, 0.1) is 5.92 Å². The second kappa shape index (κ2) is 4.68. The number of hydrogen-bond acceptors (Lipinski definition) is 2. The molecule has 4 heteroatoms. The molecule has 2 rings (SSSR count). The number of nitrogens with zero attached hydrogens (tertiary/aromatic N) is 1. The van der Waals surface area contributed by atoms with Gasteiger partial charge in [0.1, 0.15) is 0 Å². The van der Waals surface area contributed by atoms with Gasteiger partial charge in [-0.1, -0.05) is 0 Å². The molecule has 1 unspecified atom stereocenters. The Morgan fingerprint density at radius 2 is 1.94 bits per heavy atom. The van der Waals surface area contributed by atoms with E-state index in [1.165, 1.54) is 0 Å². The molecule has 1 aliphatic heterocycles. The van der Waals surface area contributed by atoms with Crippen molar-refractivity contribution in [2.24, 2.45) is 5.92 Å². The van der Waals surface area contributed by atoms with E-state index < -0.39 is 12.3 Å². The lowest BCUT2D eigenvalue weighted by atomic mass is 9.98. The van der Waals surface area contributed by atoms with Crippen molar-refractivity contribution in [2.45, 2.75) is 19.3 Å². The highest BCUT2D eigenvalue weighted by molar-refractivity contribution is 5.53. The van der Waals surface area contributed by atoms with Crippen LogP contribution in [0.3, 0.4) is 0 Å². The molecule has 0 aromatic heterocycles. The zero-order valence-electron chi connectivity index (χ0n) is 9.07. The molecule has 0 bridgehead atoms. The Morgan fingerprint density at radius 3 is 2.56 bits per heavy atom. The third kappa shape index (κ3) is 2.43. The molecule has 1 heterocycles. The molecule has 16 heavy (non-hydrogen) atoms. The zero-order valence-corrected chi connectivity index (χ0v) is 9.07. The van der Waals surface area contributed by atoms with Crippen molar-refractivity contribution < 1.29 is 8.78 Å². The van der Waals surface area contributed by atoms with Crippen molar-refractivity contribution >= 4 is 11.4 Å². The summed E-state index contributed by atoms with van der Waals surface area (Å²) in [7, 11) is 0. The van der Waals surface area contributed by atoms with Crippen LogP contribution in [0.2, 0.25) is 0 Å². The molecular formula is C12H16F2N2. The molecule has 1 aliphatic rings. The summed E-state index contributed by atoms with van der Waals surface area (Å²) < 4.78 is 25.3. The minimum Gasteiger partial charge on any atom is -0.399 e. The van der Waals surface area contributed by atoms with E-state index in [0.717, 1.165) is 18.7 Å². The van der Waals surface area contributed by atoms with E-state index in [1.54, 1.807) is 12.1 Å².